The van der Waals surface area contributed by atoms with Crippen LogP contribution in [0.5, 0.6) is 0 Å². The standard InChI is InChI=1S/C11H20N2O2S/c1-10(2,3)15-9(14)13-6-11(7-13)4-8(5-11)16-12/h8H,4-7,12H2,1-3H3. The summed E-state index contributed by atoms with van der Waals surface area (Å²) in [5, 5.41) is 6.12. The summed E-state index contributed by atoms with van der Waals surface area (Å²) in [6.45, 7) is 7.37. The van der Waals surface area contributed by atoms with Crippen molar-refractivity contribution in [3.63, 3.8) is 0 Å². The second-order valence-electron chi connectivity index (χ2n) is 6.00. The van der Waals surface area contributed by atoms with Crippen LogP contribution >= 0.6 is 11.9 Å². The number of rotatable bonds is 1. The number of nitrogens with zero attached hydrogens (tertiary/aromatic N) is 1. The van der Waals surface area contributed by atoms with Crippen molar-refractivity contribution in [1.29, 1.82) is 0 Å². The minimum atomic E-state index is -0.394. The molecule has 0 bridgehead atoms. The van der Waals surface area contributed by atoms with E-state index in [9.17, 15) is 4.79 Å². The molecule has 1 spiro atoms. The Labute approximate surface area is 101 Å². The van der Waals surface area contributed by atoms with Crippen LogP contribution in [-0.4, -0.2) is 34.9 Å². The maximum absolute atomic E-state index is 11.7. The van der Waals surface area contributed by atoms with Crippen LogP contribution in [0.3, 0.4) is 0 Å². The Bertz CT molecular complexity index is 287. The average Bonchev–Trinajstić information content (AvgIpc) is 1.95. The van der Waals surface area contributed by atoms with E-state index in [0.29, 0.717) is 10.7 Å². The van der Waals surface area contributed by atoms with Gasteiger partial charge < -0.3 is 9.64 Å². The van der Waals surface area contributed by atoms with Crippen LogP contribution in [0.4, 0.5) is 4.79 Å². The number of amides is 1. The Hall–Kier alpha value is -0.420. The Morgan fingerprint density at radius 3 is 2.44 bits per heavy atom. The molecule has 4 nitrogen and oxygen atoms in total. The van der Waals surface area contributed by atoms with Crippen molar-refractivity contribution in [2.24, 2.45) is 10.6 Å². The molecule has 0 aromatic carbocycles. The van der Waals surface area contributed by atoms with Gasteiger partial charge in [0.15, 0.2) is 0 Å². The molecule has 92 valence electrons. The average molecular weight is 244 g/mol. The molecule has 2 aliphatic rings. The molecule has 1 saturated carbocycles. The second kappa shape index (κ2) is 3.81. The molecule has 1 aliphatic heterocycles. The number of hydrogen-bond acceptors (Lipinski definition) is 4. The predicted molar refractivity (Wildman–Crippen MR) is 65.0 cm³/mol. The lowest BCUT2D eigenvalue weighted by molar-refractivity contribution is -0.0660. The molecule has 1 aliphatic carbocycles. The van der Waals surface area contributed by atoms with Gasteiger partial charge >= 0.3 is 6.09 Å². The topological polar surface area (TPSA) is 55.6 Å². The van der Waals surface area contributed by atoms with Crippen LogP contribution < -0.4 is 5.14 Å². The van der Waals surface area contributed by atoms with E-state index in [0.717, 1.165) is 25.9 Å². The summed E-state index contributed by atoms with van der Waals surface area (Å²) >= 11 is 1.45. The fourth-order valence-electron chi connectivity index (χ4n) is 2.48. The van der Waals surface area contributed by atoms with E-state index in [1.54, 1.807) is 4.90 Å². The zero-order chi connectivity index (χ0) is 12.0. The van der Waals surface area contributed by atoms with Crippen molar-refractivity contribution < 1.29 is 9.53 Å². The van der Waals surface area contributed by atoms with Gasteiger partial charge in [-0.2, -0.15) is 0 Å². The van der Waals surface area contributed by atoms with E-state index in [4.69, 9.17) is 9.88 Å². The third-order valence-electron chi connectivity index (χ3n) is 3.22. The number of likely N-dealkylation sites (tertiary alicyclic amines) is 1. The molecule has 0 atom stereocenters. The van der Waals surface area contributed by atoms with Gasteiger partial charge in [0.05, 0.1) is 0 Å². The van der Waals surface area contributed by atoms with Crippen molar-refractivity contribution in [3.8, 4) is 0 Å². The molecule has 2 N–H and O–H groups in total. The maximum atomic E-state index is 11.7. The molecular formula is C11H20N2O2S. The van der Waals surface area contributed by atoms with Gasteiger partial charge in [0, 0.05) is 23.8 Å². The first-order chi connectivity index (χ1) is 7.34. The summed E-state index contributed by atoms with van der Waals surface area (Å²) < 4.78 is 5.31. The van der Waals surface area contributed by atoms with Gasteiger partial charge in [-0.3, -0.25) is 5.14 Å². The third-order valence-corrected chi connectivity index (χ3v) is 3.94. The Morgan fingerprint density at radius 1 is 1.44 bits per heavy atom. The highest BCUT2D eigenvalue weighted by Crippen LogP contribution is 2.51. The van der Waals surface area contributed by atoms with Gasteiger partial charge in [-0.15, -0.1) is 0 Å². The summed E-state index contributed by atoms with van der Waals surface area (Å²) in [6, 6.07) is 0. The zero-order valence-electron chi connectivity index (χ0n) is 10.2. The first kappa shape index (κ1) is 12.0. The maximum Gasteiger partial charge on any atom is 0.410 e. The molecular weight excluding hydrogens is 224 g/mol. The molecule has 2 fully saturated rings. The van der Waals surface area contributed by atoms with Crippen LogP contribution in [0.1, 0.15) is 33.6 Å². The monoisotopic (exact) mass is 244 g/mol. The number of nitrogens with two attached hydrogens (primary N) is 1. The minimum absolute atomic E-state index is 0.179. The fraction of sp³-hybridized carbons (Fsp3) is 0.909. The summed E-state index contributed by atoms with van der Waals surface area (Å²) in [4.78, 5) is 13.5. The molecule has 1 heterocycles. The first-order valence-electron chi connectivity index (χ1n) is 5.67. The summed E-state index contributed by atoms with van der Waals surface area (Å²) in [5.74, 6) is 0. The van der Waals surface area contributed by atoms with Gasteiger partial charge in [0.25, 0.3) is 0 Å². The van der Waals surface area contributed by atoms with E-state index < -0.39 is 5.60 Å². The smallest absolute Gasteiger partial charge is 0.410 e. The first-order valence-corrected chi connectivity index (χ1v) is 6.61. The molecule has 1 saturated heterocycles. The van der Waals surface area contributed by atoms with Crippen molar-refractivity contribution in [2.45, 2.75) is 44.5 Å². The molecule has 0 unspecified atom stereocenters. The van der Waals surface area contributed by atoms with Crippen LogP contribution in [0.15, 0.2) is 0 Å². The molecule has 5 heteroatoms. The molecule has 0 radical (unpaired) electrons. The number of hydrogen-bond donors (Lipinski definition) is 1. The Morgan fingerprint density at radius 2 is 2.00 bits per heavy atom. The Kier molecular flexibility index (Phi) is 2.87. The molecule has 2 rings (SSSR count). The van der Waals surface area contributed by atoms with E-state index in [2.05, 4.69) is 0 Å². The normalized spacial score (nSPS) is 23.9. The van der Waals surface area contributed by atoms with Crippen LogP contribution in [0, 0.1) is 5.41 Å². The lowest BCUT2D eigenvalue weighted by atomic mass is 9.63. The highest BCUT2D eigenvalue weighted by molar-refractivity contribution is 7.97. The highest BCUT2D eigenvalue weighted by atomic mass is 32.2. The minimum Gasteiger partial charge on any atom is -0.444 e. The lowest BCUT2D eigenvalue weighted by Crippen LogP contribution is -2.65. The third kappa shape index (κ3) is 2.30. The quantitative estimate of drug-likeness (QED) is 0.717. The van der Waals surface area contributed by atoms with E-state index in [1.165, 1.54) is 11.9 Å². The summed E-state index contributed by atoms with van der Waals surface area (Å²) in [7, 11) is 0. The SMILES string of the molecule is CC(C)(C)OC(=O)N1CC2(CC(SN)C2)C1. The molecule has 0 aromatic heterocycles. The predicted octanol–water partition coefficient (Wildman–Crippen LogP) is 1.99. The van der Waals surface area contributed by atoms with Gasteiger partial charge in [-0.1, -0.05) is 11.9 Å². The van der Waals surface area contributed by atoms with Crippen LogP contribution in [-0.2, 0) is 4.74 Å². The highest BCUT2D eigenvalue weighted by Gasteiger charge is 2.54. The Balaban J connectivity index is 1.75. The van der Waals surface area contributed by atoms with Crippen molar-refractivity contribution in [1.82, 2.24) is 4.90 Å². The number of ether oxygens (including phenoxy) is 1. The zero-order valence-corrected chi connectivity index (χ0v) is 11.0. The van der Waals surface area contributed by atoms with Crippen LogP contribution in [0.25, 0.3) is 0 Å². The van der Waals surface area contributed by atoms with Crippen LogP contribution in [0.2, 0.25) is 0 Å². The van der Waals surface area contributed by atoms with Gasteiger partial charge in [-0.05, 0) is 33.6 Å². The van der Waals surface area contributed by atoms with E-state index >= 15 is 0 Å². The number of carbonyl (C=O) groups is 1. The van der Waals surface area contributed by atoms with Gasteiger partial charge in [-0.25, -0.2) is 4.79 Å². The van der Waals surface area contributed by atoms with Gasteiger partial charge in [0.1, 0.15) is 5.60 Å². The van der Waals surface area contributed by atoms with E-state index in [-0.39, 0.29) is 6.09 Å². The molecule has 1 amide bonds. The van der Waals surface area contributed by atoms with E-state index in [1.807, 2.05) is 20.8 Å². The summed E-state index contributed by atoms with van der Waals surface area (Å²) in [6.07, 6.45) is 2.11. The second-order valence-corrected chi connectivity index (χ2v) is 6.94. The largest absolute Gasteiger partial charge is 0.444 e. The van der Waals surface area contributed by atoms with Crippen molar-refractivity contribution in [2.75, 3.05) is 13.1 Å². The fourth-order valence-corrected chi connectivity index (χ4v) is 3.38. The summed E-state index contributed by atoms with van der Waals surface area (Å²) in [5.41, 5.74) is -0.0248. The van der Waals surface area contributed by atoms with Crippen molar-refractivity contribution in [3.05, 3.63) is 0 Å². The van der Waals surface area contributed by atoms with Gasteiger partial charge in [0.2, 0.25) is 0 Å². The molecule has 0 aromatic rings. The molecule has 16 heavy (non-hydrogen) atoms. The van der Waals surface area contributed by atoms with Crippen molar-refractivity contribution >= 4 is 18.0 Å². The number of carbonyl (C=O) groups excluding carboxylic acids is 1. The lowest BCUT2D eigenvalue weighted by Gasteiger charge is -2.58.